The largest absolute Gasteiger partial charge is 0.306 e. The van der Waals surface area contributed by atoms with Gasteiger partial charge < -0.3 is 5.32 Å². The zero-order chi connectivity index (χ0) is 15.2. The van der Waals surface area contributed by atoms with Crippen LogP contribution in [-0.4, -0.2) is 12.1 Å². The fourth-order valence-electron chi connectivity index (χ4n) is 2.32. The van der Waals surface area contributed by atoms with Crippen LogP contribution in [0.3, 0.4) is 0 Å². The fourth-order valence-corrected chi connectivity index (χ4v) is 2.46. The molecule has 20 heavy (non-hydrogen) atoms. The van der Waals surface area contributed by atoms with Crippen molar-refractivity contribution in [3.05, 3.63) is 35.2 Å². The van der Waals surface area contributed by atoms with Crippen molar-refractivity contribution < 1.29 is 4.39 Å². The number of nitrogens with one attached hydrogen (secondary N) is 1. The minimum Gasteiger partial charge on any atom is -0.306 e. The SMILES string of the molecule is CC\C(F)=C/C=C(\C=C\Cl)C1CCC(C(C)(C)C#N)N1. The van der Waals surface area contributed by atoms with Crippen LogP contribution in [0.5, 0.6) is 0 Å². The predicted molar refractivity (Wildman–Crippen MR) is 81.9 cm³/mol. The standard InChI is InChI=1S/C16H22ClFN2/c1-4-13(18)6-5-12(9-10-17)14-7-8-15(20-14)16(2,3)11-19/h5-6,9-10,14-15,20H,4,7-8H2,1-3H3/b10-9+,12-5+,13-6+. The monoisotopic (exact) mass is 296 g/mol. The summed E-state index contributed by atoms with van der Waals surface area (Å²) in [6.07, 6.45) is 7.26. The highest BCUT2D eigenvalue weighted by Crippen LogP contribution is 2.31. The van der Waals surface area contributed by atoms with Gasteiger partial charge in [0.15, 0.2) is 0 Å². The van der Waals surface area contributed by atoms with Gasteiger partial charge in [0, 0.05) is 17.6 Å². The van der Waals surface area contributed by atoms with E-state index in [0.717, 1.165) is 18.4 Å². The smallest absolute Gasteiger partial charge is 0.0996 e. The summed E-state index contributed by atoms with van der Waals surface area (Å²) in [6, 6.07) is 2.59. The Balaban J connectivity index is 2.85. The molecule has 1 rings (SSSR count). The predicted octanol–water partition coefficient (Wildman–Crippen LogP) is 4.60. The van der Waals surface area contributed by atoms with E-state index < -0.39 is 5.41 Å². The third kappa shape index (κ3) is 4.47. The topological polar surface area (TPSA) is 35.8 Å². The number of nitrogens with zero attached hydrogens (tertiary/aromatic N) is 1. The number of hydrogen-bond acceptors (Lipinski definition) is 2. The Hall–Kier alpha value is -1.11. The average molecular weight is 297 g/mol. The Labute approximate surface area is 126 Å². The normalized spacial score (nSPS) is 25.2. The van der Waals surface area contributed by atoms with Crippen molar-refractivity contribution in [2.75, 3.05) is 0 Å². The summed E-state index contributed by atoms with van der Waals surface area (Å²) in [5.74, 6) is -0.155. The molecule has 1 saturated heterocycles. The Morgan fingerprint density at radius 1 is 1.45 bits per heavy atom. The van der Waals surface area contributed by atoms with Crippen LogP contribution in [-0.2, 0) is 0 Å². The molecule has 0 bridgehead atoms. The summed E-state index contributed by atoms with van der Waals surface area (Å²) in [4.78, 5) is 0. The molecule has 110 valence electrons. The Kier molecular flexibility index (Phi) is 6.45. The highest BCUT2D eigenvalue weighted by molar-refractivity contribution is 6.25. The van der Waals surface area contributed by atoms with Gasteiger partial charge in [0.05, 0.1) is 17.3 Å². The molecular weight excluding hydrogens is 275 g/mol. The van der Waals surface area contributed by atoms with Gasteiger partial charge in [-0.25, -0.2) is 4.39 Å². The lowest BCUT2D eigenvalue weighted by molar-refractivity contribution is 0.346. The lowest BCUT2D eigenvalue weighted by Gasteiger charge is -2.25. The van der Waals surface area contributed by atoms with E-state index in [4.69, 9.17) is 11.6 Å². The zero-order valence-corrected chi connectivity index (χ0v) is 13.0. The molecule has 1 N–H and O–H groups in total. The van der Waals surface area contributed by atoms with Crippen LogP contribution in [0.15, 0.2) is 35.2 Å². The van der Waals surface area contributed by atoms with Crippen molar-refractivity contribution in [2.45, 2.75) is 52.1 Å². The first-order chi connectivity index (χ1) is 9.44. The van der Waals surface area contributed by atoms with Crippen molar-refractivity contribution in [1.29, 1.82) is 5.26 Å². The van der Waals surface area contributed by atoms with Gasteiger partial charge in [0.2, 0.25) is 0 Å². The summed E-state index contributed by atoms with van der Waals surface area (Å²) in [6.45, 7) is 5.64. The van der Waals surface area contributed by atoms with Crippen LogP contribution in [0.1, 0.15) is 40.0 Å². The van der Waals surface area contributed by atoms with Gasteiger partial charge in [-0.15, -0.1) is 0 Å². The third-order valence-electron chi connectivity index (χ3n) is 3.76. The molecule has 2 atom stereocenters. The molecule has 1 heterocycles. The molecule has 0 saturated carbocycles. The fraction of sp³-hybridized carbons (Fsp3) is 0.562. The first-order valence-corrected chi connectivity index (χ1v) is 7.38. The first-order valence-electron chi connectivity index (χ1n) is 6.95. The van der Waals surface area contributed by atoms with Crippen LogP contribution < -0.4 is 5.32 Å². The molecule has 0 radical (unpaired) electrons. The summed E-state index contributed by atoms with van der Waals surface area (Å²) in [5.41, 5.74) is 1.98. The maximum atomic E-state index is 13.2. The molecular formula is C16H22ClFN2. The van der Waals surface area contributed by atoms with Crippen molar-refractivity contribution in [2.24, 2.45) is 5.41 Å². The molecule has 4 heteroatoms. The number of rotatable bonds is 5. The number of allylic oxidation sites excluding steroid dienone is 3. The number of nitriles is 1. The summed E-state index contributed by atoms with van der Waals surface area (Å²) in [5, 5.41) is 12.6. The maximum Gasteiger partial charge on any atom is 0.0996 e. The van der Waals surface area contributed by atoms with Gasteiger partial charge in [-0.3, -0.25) is 0 Å². The zero-order valence-electron chi connectivity index (χ0n) is 12.3. The molecule has 1 fully saturated rings. The second-order valence-corrected chi connectivity index (χ2v) is 5.86. The Morgan fingerprint density at radius 3 is 2.70 bits per heavy atom. The van der Waals surface area contributed by atoms with Gasteiger partial charge in [0.1, 0.15) is 0 Å². The van der Waals surface area contributed by atoms with Crippen LogP contribution in [0, 0.1) is 16.7 Å². The first kappa shape index (κ1) is 16.9. The van der Waals surface area contributed by atoms with Crippen LogP contribution >= 0.6 is 11.6 Å². The quantitative estimate of drug-likeness (QED) is 0.753. The van der Waals surface area contributed by atoms with Gasteiger partial charge in [-0.05, 0) is 50.8 Å². The molecule has 2 unspecified atom stereocenters. The van der Waals surface area contributed by atoms with Crippen LogP contribution in [0.2, 0.25) is 0 Å². The van der Waals surface area contributed by atoms with E-state index in [1.165, 1.54) is 11.6 Å². The summed E-state index contributed by atoms with van der Waals surface area (Å²) in [7, 11) is 0. The van der Waals surface area contributed by atoms with E-state index in [-0.39, 0.29) is 17.9 Å². The molecule has 1 aliphatic rings. The molecule has 0 amide bonds. The highest BCUT2D eigenvalue weighted by Gasteiger charge is 2.36. The summed E-state index contributed by atoms with van der Waals surface area (Å²) < 4.78 is 13.2. The van der Waals surface area contributed by atoms with Gasteiger partial charge in [0.25, 0.3) is 0 Å². The molecule has 2 nitrogen and oxygen atoms in total. The van der Waals surface area contributed by atoms with Crippen molar-refractivity contribution in [1.82, 2.24) is 5.32 Å². The molecule has 0 aromatic rings. The average Bonchev–Trinajstić information content (AvgIpc) is 2.93. The van der Waals surface area contributed by atoms with Crippen LogP contribution in [0.4, 0.5) is 4.39 Å². The molecule has 1 aliphatic heterocycles. The minimum atomic E-state index is -0.408. The van der Waals surface area contributed by atoms with E-state index in [1.54, 1.807) is 19.1 Å². The lowest BCUT2D eigenvalue weighted by atomic mass is 9.85. The second kappa shape index (κ2) is 7.61. The van der Waals surface area contributed by atoms with E-state index in [0.29, 0.717) is 6.42 Å². The lowest BCUT2D eigenvalue weighted by Crippen LogP contribution is -2.40. The Morgan fingerprint density at radius 2 is 2.15 bits per heavy atom. The molecule has 0 aromatic carbocycles. The molecule has 0 aliphatic carbocycles. The maximum absolute atomic E-state index is 13.2. The molecule has 0 aromatic heterocycles. The van der Waals surface area contributed by atoms with E-state index >= 15 is 0 Å². The van der Waals surface area contributed by atoms with Gasteiger partial charge >= 0.3 is 0 Å². The second-order valence-electron chi connectivity index (χ2n) is 5.61. The van der Waals surface area contributed by atoms with Crippen molar-refractivity contribution in [3.63, 3.8) is 0 Å². The van der Waals surface area contributed by atoms with E-state index in [2.05, 4.69) is 11.4 Å². The Bertz CT molecular complexity index is 458. The van der Waals surface area contributed by atoms with Gasteiger partial charge in [-0.2, -0.15) is 5.26 Å². The number of hydrogen-bond donors (Lipinski definition) is 1. The van der Waals surface area contributed by atoms with Crippen molar-refractivity contribution in [3.8, 4) is 6.07 Å². The minimum absolute atomic E-state index is 0.114. The third-order valence-corrected chi connectivity index (χ3v) is 3.88. The van der Waals surface area contributed by atoms with E-state index in [1.807, 2.05) is 13.8 Å². The highest BCUT2D eigenvalue weighted by atomic mass is 35.5. The van der Waals surface area contributed by atoms with Gasteiger partial charge in [-0.1, -0.05) is 24.6 Å². The van der Waals surface area contributed by atoms with Crippen LogP contribution in [0.25, 0.3) is 0 Å². The molecule has 0 spiro atoms. The van der Waals surface area contributed by atoms with Crippen molar-refractivity contribution >= 4 is 11.6 Å². The summed E-state index contributed by atoms with van der Waals surface area (Å²) >= 11 is 5.66. The van der Waals surface area contributed by atoms with E-state index in [9.17, 15) is 9.65 Å². The number of halogens is 2.